The van der Waals surface area contributed by atoms with Crippen molar-refractivity contribution in [2.45, 2.75) is 20.3 Å². The molecule has 5 heteroatoms. The first kappa shape index (κ1) is 12.1. The molecular weight excluding hydrogens is 210 g/mol. The van der Waals surface area contributed by atoms with Gasteiger partial charge in [0.1, 0.15) is 4.88 Å². The van der Waals surface area contributed by atoms with Crippen LogP contribution in [0, 0.1) is 6.92 Å². The number of nitrogens with one attached hydrogen (secondary N) is 2. The molecule has 1 aromatic heterocycles. The topological polar surface area (TPSA) is 54.0 Å². The van der Waals surface area contributed by atoms with Crippen LogP contribution in [0.3, 0.4) is 0 Å². The number of amides is 1. The average Bonchev–Trinajstić information content (AvgIpc) is 2.64. The average molecular weight is 227 g/mol. The monoisotopic (exact) mass is 227 g/mol. The number of carbonyl (C=O) groups is 1. The van der Waals surface area contributed by atoms with Gasteiger partial charge in [0.15, 0.2) is 0 Å². The van der Waals surface area contributed by atoms with Gasteiger partial charge in [0.2, 0.25) is 0 Å². The molecule has 0 spiro atoms. The number of aryl methyl sites for hydroxylation is 1. The smallest absolute Gasteiger partial charge is 0.263 e. The molecular formula is C10H17N3OS. The summed E-state index contributed by atoms with van der Waals surface area (Å²) in [5.41, 5.74) is 0. The lowest BCUT2D eigenvalue weighted by atomic mass is 10.4. The molecule has 0 saturated heterocycles. The van der Waals surface area contributed by atoms with Crippen LogP contribution in [-0.4, -0.2) is 30.5 Å². The van der Waals surface area contributed by atoms with E-state index in [1.807, 2.05) is 6.92 Å². The molecule has 1 amide bonds. The quantitative estimate of drug-likeness (QED) is 0.718. The highest BCUT2D eigenvalue weighted by Crippen LogP contribution is 2.10. The summed E-state index contributed by atoms with van der Waals surface area (Å²) in [6.07, 6.45) is 2.58. The van der Waals surface area contributed by atoms with Crippen LogP contribution in [0.15, 0.2) is 6.20 Å². The Labute approximate surface area is 94.1 Å². The molecule has 15 heavy (non-hydrogen) atoms. The lowest BCUT2D eigenvalue weighted by Gasteiger charge is -2.03. The van der Waals surface area contributed by atoms with Crippen molar-refractivity contribution in [2.75, 3.05) is 19.6 Å². The number of carbonyl (C=O) groups excluding carboxylic acids is 1. The minimum Gasteiger partial charge on any atom is -0.351 e. The van der Waals surface area contributed by atoms with E-state index in [9.17, 15) is 4.79 Å². The van der Waals surface area contributed by atoms with Gasteiger partial charge in [0.25, 0.3) is 5.91 Å². The second-order valence-electron chi connectivity index (χ2n) is 3.21. The van der Waals surface area contributed by atoms with E-state index in [4.69, 9.17) is 0 Å². The summed E-state index contributed by atoms with van der Waals surface area (Å²) in [5, 5.41) is 6.99. The molecule has 4 nitrogen and oxygen atoms in total. The normalized spacial score (nSPS) is 10.3. The van der Waals surface area contributed by atoms with Gasteiger partial charge in [0.05, 0.1) is 11.2 Å². The van der Waals surface area contributed by atoms with Crippen molar-refractivity contribution in [3.8, 4) is 0 Å². The Morgan fingerprint density at radius 3 is 2.93 bits per heavy atom. The second-order valence-corrected chi connectivity index (χ2v) is 4.44. The fourth-order valence-electron chi connectivity index (χ4n) is 1.15. The third-order valence-electron chi connectivity index (χ3n) is 1.91. The summed E-state index contributed by atoms with van der Waals surface area (Å²) < 4.78 is 0. The van der Waals surface area contributed by atoms with Crippen molar-refractivity contribution in [2.24, 2.45) is 0 Å². The molecule has 0 unspecified atom stereocenters. The second kappa shape index (κ2) is 6.53. The Balaban J connectivity index is 2.19. The van der Waals surface area contributed by atoms with Crippen molar-refractivity contribution in [3.63, 3.8) is 0 Å². The largest absolute Gasteiger partial charge is 0.351 e. The fraction of sp³-hybridized carbons (Fsp3) is 0.600. The van der Waals surface area contributed by atoms with E-state index >= 15 is 0 Å². The SMILES string of the molecule is CCNCCCNC(=O)c1cnc(C)s1. The van der Waals surface area contributed by atoms with Gasteiger partial charge in [-0.2, -0.15) is 0 Å². The third-order valence-corrected chi connectivity index (χ3v) is 2.82. The molecule has 1 heterocycles. The molecule has 0 aliphatic heterocycles. The Kier molecular flexibility index (Phi) is 5.28. The Morgan fingerprint density at radius 2 is 2.33 bits per heavy atom. The van der Waals surface area contributed by atoms with Crippen LogP contribution in [0.2, 0.25) is 0 Å². The zero-order valence-electron chi connectivity index (χ0n) is 9.17. The molecule has 0 radical (unpaired) electrons. The number of hydrogen-bond acceptors (Lipinski definition) is 4. The maximum atomic E-state index is 11.5. The third kappa shape index (κ3) is 4.40. The number of rotatable bonds is 6. The Morgan fingerprint density at radius 1 is 1.53 bits per heavy atom. The number of nitrogens with zero attached hydrogens (tertiary/aromatic N) is 1. The molecule has 84 valence electrons. The fourth-order valence-corrected chi connectivity index (χ4v) is 1.84. The van der Waals surface area contributed by atoms with Crippen molar-refractivity contribution in [1.29, 1.82) is 0 Å². The number of aromatic nitrogens is 1. The zero-order chi connectivity index (χ0) is 11.1. The Hall–Kier alpha value is -0.940. The lowest BCUT2D eigenvalue weighted by molar-refractivity contribution is 0.0957. The van der Waals surface area contributed by atoms with E-state index in [1.54, 1.807) is 6.20 Å². The summed E-state index contributed by atoms with van der Waals surface area (Å²) in [6.45, 7) is 6.59. The van der Waals surface area contributed by atoms with Gasteiger partial charge in [-0.1, -0.05) is 6.92 Å². The molecule has 2 N–H and O–H groups in total. The number of hydrogen-bond donors (Lipinski definition) is 2. The van der Waals surface area contributed by atoms with Crippen LogP contribution in [0.5, 0.6) is 0 Å². The van der Waals surface area contributed by atoms with Gasteiger partial charge >= 0.3 is 0 Å². The van der Waals surface area contributed by atoms with Crippen LogP contribution in [0.4, 0.5) is 0 Å². The van der Waals surface area contributed by atoms with Crippen LogP contribution >= 0.6 is 11.3 Å². The highest BCUT2D eigenvalue weighted by molar-refractivity contribution is 7.13. The van der Waals surface area contributed by atoms with Crippen LogP contribution < -0.4 is 10.6 Å². The van der Waals surface area contributed by atoms with E-state index in [1.165, 1.54) is 11.3 Å². The van der Waals surface area contributed by atoms with Gasteiger partial charge in [0, 0.05) is 6.54 Å². The van der Waals surface area contributed by atoms with Gasteiger partial charge in [-0.15, -0.1) is 11.3 Å². The summed E-state index contributed by atoms with van der Waals surface area (Å²) >= 11 is 1.43. The van der Waals surface area contributed by atoms with Crippen LogP contribution in [-0.2, 0) is 0 Å². The first-order chi connectivity index (χ1) is 7.24. The predicted molar refractivity (Wildman–Crippen MR) is 62.3 cm³/mol. The summed E-state index contributed by atoms with van der Waals surface area (Å²) in [4.78, 5) is 16.3. The van der Waals surface area contributed by atoms with Crippen molar-refractivity contribution >= 4 is 17.2 Å². The summed E-state index contributed by atoms with van der Waals surface area (Å²) in [5.74, 6) is -0.0166. The maximum Gasteiger partial charge on any atom is 0.263 e. The van der Waals surface area contributed by atoms with Crippen molar-refractivity contribution < 1.29 is 4.79 Å². The van der Waals surface area contributed by atoms with E-state index in [0.29, 0.717) is 11.4 Å². The van der Waals surface area contributed by atoms with Gasteiger partial charge in [-0.05, 0) is 26.4 Å². The highest BCUT2D eigenvalue weighted by Gasteiger charge is 2.07. The molecule has 0 aliphatic carbocycles. The summed E-state index contributed by atoms with van der Waals surface area (Å²) in [7, 11) is 0. The van der Waals surface area contributed by atoms with Crippen LogP contribution in [0.25, 0.3) is 0 Å². The predicted octanol–water partition coefficient (Wildman–Crippen LogP) is 1.18. The highest BCUT2D eigenvalue weighted by atomic mass is 32.1. The maximum absolute atomic E-state index is 11.5. The van der Waals surface area contributed by atoms with Crippen LogP contribution in [0.1, 0.15) is 28.0 Å². The molecule has 1 aromatic rings. The van der Waals surface area contributed by atoms with Crippen molar-refractivity contribution in [3.05, 3.63) is 16.1 Å². The van der Waals surface area contributed by atoms with Gasteiger partial charge in [-0.25, -0.2) is 4.98 Å². The number of thiazole rings is 1. The van der Waals surface area contributed by atoms with Crippen molar-refractivity contribution in [1.82, 2.24) is 15.6 Å². The molecule has 0 bridgehead atoms. The minimum absolute atomic E-state index is 0.0166. The Bertz CT molecular complexity index is 311. The van der Waals surface area contributed by atoms with E-state index in [-0.39, 0.29) is 5.91 Å². The molecule has 0 aliphatic rings. The standard InChI is InChI=1S/C10H17N3OS/c1-3-11-5-4-6-12-10(14)9-7-13-8(2)15-9/h7,11H,3-6H2,1-2H3,(H,12,14). The minimum atomic E-state index is -0.0166. The van der Waals surface area contributed by atoms with Gasteiger partial charge in [-0.3, -0.25) is 4.79 Å². The first-order valence-corrected chi connectivity index (χ1v) is 5.97. The van der Waals surface area contributed by atoms with E-state index in [0.717, 1.165) is 24.5 Å². The van der Waals surface area contributed by atoms with E-state index in [2.05, 4.69) is 22.5 Å². The molecule has 0 fully saturated rings. The molecule has 0 saturated carbocycles. The summed E-state index contributed by atoms with van der Waals surface area (Å²) in [6, 6.07) is 0. The molecule has 1 rings (SSSR count). The first-order valence-electron chi connectivity index (χ1n) is 5.15. The van der Waals surface area contributed by atoms with E-state index < -0.39 is 0 Å². The molecule has 0 atom stereocenters. The zero-order valence-corrected chi connectivity index (χ0v) is 9.99. The van der Waals surface area contributed by atoms with Gasteiger partial charge < -0.3 is 10.6 Å². The lowest BCUT2D eigenvalue weighted by Crippen LogP contribution is -2.26. The molecule has 0 aromatic carbocycles.